The highest BCUT2D eigenvalue weighted by Crippen LogP contribution is 2.21. The topological polar surface area (TPSA) is 28.4 Å². The fraction of sp³-hybridized carbons (Fsp3) is 0.412. The molecule has 0 aliphatic rings. The van der Waals surface area contributed by atoms with Gasteiger partial charge in [0, 0.05) is 29.7 Å². The Morgan fingerprint density at radius 1 is 1.19 bits per heavy atom. The first kappa shape index (κ1) is 16.3. The van der Waals surface area contributed by atoms with E-state index in [1.807, 2.05) is 13.0 Å². The number of hydrogen-bond acceptors (Lipinski definition) is 3. The Morgan fingerprint density at radius 2 is 1.95 bits per heavy atom. The lowest BCUT2D eigenvalue weighted by atomic mass is 10.1. The van der Waals surface area contributed by atoms with Gasteiger partial charge in [0.05, 0.1) is 6.26 Å². The molecule has 114 valence electrons. The first-order chi connectivity index (χ1) is 10.1. The highest BCUT2D eigenvalue weighted by molar-refractivity contribution is 9.10. The highest BCUT2D eigenvalue weighted by Gasteiger charge is 2.08. The number of nitrogens with zero attached hydrogens (tertiary/aromatic N) is 1. The molecule has 0 radical (unpaired) electrons. The van der Waals surface area contributed by atoms with Crippen LogP contribution in [0.2, 0.25) is 0 Å². The number of nitrogens with one attached hydrogen (secondary N) is 1. The molecule has 0 atom stereocenters. The Labute approximate surface area is 135 Å². The third-order valence-electron chi connectivity index (χ3n) is 3.54. The van der Waals surface area contributed by atoms with Crippen LogP contribution in [-0.2, 0) is 19.6 Å². The molecule has 0 spiro atoms. The first-order valence-electron chi connectivity index (χ1n) is 7.29. The van der Waals surface area contributed by atoms with Crippen LogP contribution in [0.15, 0.2) is 39.4 Å². The molecular formula is C17H23BrN2O. The van der Waals surface area contributed by atoms with Crippen LogP contribution in [0.1, 0.15) is 29.4 Å². The fourth-order valence-electron chi connectivity index (χ4n) is 2.31. The van der Waals surface area contributed by atoms with Crippen LogP contribution in [-0.4, -0.2) is 18.5 Å². The van der Waals surface area contributed by atoms with E-state index in [2.05, 4.69) is 58.3 Å². The number of rotatable bonds is 7. The molecule has 0 unspecified atom stereocenters. The van der Waals surface area contributed by atoms with E-state index in [1.54, 1.807) is 6.26 Å². The summed E-state index contributed by atoms with van der Waals surface area (Å²) >= 11 is 3.69. The maximum atomic E-state index is 5.35. The smallest absolute Gasteiger partial charge is 0.105 e. The van der Waals surface area contributed by atoms with Crippen molar-refractivity contribution in [2.24, 2.45) is 0 Å². The quantitative estimate of drug-likeness (QED) is 0.814. The first-order valence-corrected chi connectivity index (χ1v) is 8.09. The van der Waals surface area contributed by atoms with Gasteiger partial charge in [0.1, 0.15) is 5.76 Å². The second-order valence-electron chi connectivity index (χ2n) is 5.38. The van der Waals surface area contributed by atoms with Crippen LogP contribution in [0.5, 0.6) is 0 Å². The molecule has 1 heterocycles. The molecular weight excluding hydrogens is 328 g/mol. The molecule has 4 heteroatoms. The van der Waals surface area contributed by atoms with Gasteiger partial charge in [0.15, 0.2) is 0 Å². The van der Waals surface area contributed by atoms with Gasteiger partial charge in [0.2, 0.25) is 0 Å². The van der Waals surface area contributed by atoms with Crippen LogP contribution in [0.25, 0.3) is 0 Å². The average molecular weight is 351 g/mol. The zero-order valence-electron chi connectivity index (χ0n) is 12.9. The Balaban J connectivity index is 1.97. The van der Waals surface area contributed by atoms with Crippen LogP contribution in [0, 0.1) is 6.92 Å². The van der Waals surface area contributed by atoms with Gasteiger partial charge in [-0.1, -0.05) is 35.0 Å². The summed E-state index contributed by atoms with van der Waals surface area (Å²) in [4.78, 5) is 2.29. The molecule has 0 fully saturated rings. The molecule has 0 saturated carbocycles. The fourth-order valence-corrected chi connectivity index (χ4v) is 2.86. The number of furan rings is 1. The molecule has 1 aromatic carbocycles. The Morgan fingerprint density at radius 3 is 2.57 bits per heavy atom. The maximum Gasteiger partial charge on any atom is 0.105 e. The molecule has 0 aliphatic heterocycles. The molecule has 3 nitrogen and oxygen atoms in total. The summed E-state index contributed by atoms with van der Waals surface area (Å²) in [7, 11) is 2.13. The average Bonchev–Trinajstić information content (AvgIpc) is 2.84. The minimum atomic E-state index is 0.897. The van der Waals surface area contributed by atoms with Crippen LogP contribution in [0.3, 0.4) is 0 Å². The summed E-state index contributed by atoms with van der Waals surface area (Å²) in [5, 5.41) is 3.35. The van der Waals surface area contributed by atoms with Crippen molar-refractivity contribution < 1.29 is 4.42 Å². The van der Waals surface area contributed by atoms with Crippen molar-refractivity contribution in [2.45, 2.75) is 33.5 Å². The number of aryl methyl sites for hydroxylation is 1. The van der Waals surface area contributed by atoms with Crippen LogP contribution in [0.4, 0.5) is 0 Å². The van der Waals surface area contributed by atoms with E-state index < -0.39 is 0 Å². The standard InChI is InChI=1S/C17H23BrN2O/c1-4-19-10-14-5-6-16(17(18)9-14)12-20(3)11-15-7-8-21-13(15)2/h5-9,19H,4,10-12H2,1-3H3. The monoisotopic (exact) mass is 350 g/mol. The van der Waals surface area contributed by atoms with E-state index in [-0.39, 0.29) is 0 Å². The Bertz CT molecular complexity index is 580. The lowest BCUT2D eigenvalue weighted by Gasteiger charge is -2.18. The van der Waals surface area contributed by atoms with Gasteiger partial charge in [0.25, 0.3) is 0 Å². The molecule has 0 bridgehead atoms. The van der Waals surface area contributed by atoms with Crippen molar-refractivity contribution in [1.29, 1.82) is 0 Å². The molecule has 21 heavy (non-hydrogen) atoms. The van der Waals surface area contributed by atoms with Crippen molar-refractivity contribution in [3.63, 3.8) is 0 Å². The van der Waals surface area contributed by atoms with Gasteiger partial charge >= 0.3 is 0 Å². The van der Waals surface area contributed by atoms with E-state index >= 15 is 0 Å². The second-order valence-corrected chi connectivity index (χ2v) is 6.23. The molecule has 0 aliphatic carbocycles. The largest absolute Gasteiger partial charge is 0.469 e. The van der Waals surface area contributed by atoms with E-state index in [0.29, 0.717) is 0 Å². The van der Waals surface area contributed by atoms with Gasteiger partial charge < -0.3 is 9.73 Å². The molecule has 1 N–H and O–H groups in total. The minimum Gasteiger partial charge on any atom is -0.469 e. The summed E-state index contributed by atoms with van der Waals surface area (Å²) in [6.07, 6.45) is 1.75. The summed E-state index contributed by atoms with van der Waals surface area (Å²) in [6.45, 7) is 7.84. The molecule has 0 amide bonds. The minimum absolute atomic E-state index is 0.897. The zero-order chi connectivity index (χ0) is 15.2. The number of halogens is 1. The normalized spacial score (nSPS) is 11.3. The summed E-state index contributed by atoms with van der Waals surface area (Å²) in [5.74, 6) is 1.00. The van der Waals surface area contributed by atoms with Crippen LogP contribution >= 0.6 is 15.9 Å². The summed E-state index contributed by atoms with van der Waals surface area (Å²) in [5.41, 5.74) is 3.86. The third-order valence-corrected chi connectivity index (χ3v) is 4.28. The van der Waals surface area contributed by atoms with Gasteiger partial charge in [-0.15, -0.1) is 0 Å². The predicted molar refractivity (Wildman–Crippen MR) is 90.1 cm³/mol. The van der Waals surface area contributed by atoms with Gasteiger partial charge in [-0.3, -0.25) is 4.90 Å². The maximum absolute atomic E-state index is 5.35. The van der Waals surface area contributed by atoms with Crippen molar-refractivity contribution in [1.82, 2.24) is 10.2 Å². The van der Waals surface area contributed by atoms with Gasteiger partial charge in [-0.05, 0) is 43.8 Å². The SMILES string of the molecule is CCNCc1ccc(CN(C)Cc2ccoc2C)c(Br)c1. The van der Waals surface area contributed by atoms with Crippen molar-refractivity contribution in [3.05, 3.63) is 57.5 Å². The Hall–Kier alpha value is -1.10. The van der Waals surface area contributed by atoms with E-state index in [4.69, 9.17) is 4.42 Å². The molecule has 0 saturated heterocycles. The van der Waals surface area contributed by atoms with Gasteiger partial charge in [-0.25, -0.2) is 0 Å². The summed E-state index contributed by atoms with van der Waals surface area (Å²) in [6, 6.07) is 8.64. The van der Waals surface area contributed by atoms with E-state index in [1.165, 1.54) is 21.2 Å². The predicted octanol–water partition coefficient (Wildman–Crippen LogP) is 4.09. The van der Waals surface area contributed by atoms with E-state index in [0.717, 1.165) is 31.9 Å². The van der Waals surface area contributed by atoms with Crippen molar-refractivity contribution >= 4 is 15.9 Å². The van der Waals surface area contributed by atoms with E-state index in [9.17, 15) is 0 Å². The lowest BCUT2D eigenvalue weighted by molar-refractivity contribution is 0.316. The zero-order valence-corrected chi connectivity index (χ0v) is 14.5. The Kier molecular flexibility index (Phi) is 6.03. The molecule has 1 aromatic heterocycles. The summed E-state index contributed by atoms with van der Waals surface area (Å²) < 4.78 is 6.52. The third kappa shape index (κ3) is 4.70. The lowest BCUT2D eigenvalue weighted by Crippen LogP contribution is -2.18. The second kappa shape index (κ2) is 7.78. The highest BCUT2D eigenvalue weighted by atomic mass is 79.9. The number of benzene rings is 1. The molecule has 2 aromatic rings. The van der Waals surface area contributed by atoms with Crippen molar-refractivity contribution in [3.8, 4) is 0 Å². The van der Waals surface area contributed by atoms with Crippen molar-refractivity contribution in [2.75, 3.05) is 13.6 Å². The number of hydrogen-bond donors (Lipinski definition) is 1. The molecule has 2 rings (SSSR count). The van der Waals surface area contributed by atoms with Crippen LogP contribution < -0.4 is 5.32 Å². The van der Waals surface area contributed by atoms with Gasteiger partial charge in [-0.2, -0.15) is 0 Å².